The fourth-order valence-corrected chi connectivity index (χ4v) is 2.78. The predicted molar refractivity (Wildman–Crippen MR) is 70.0 cm³/mol. The summed E-state index contributed by atoms with van der Waals surface area (Å²) in [6.45, 7) is 0. The summed E-state index contributed by atoms with van der Waals surface area (Å²) in [6, 6.07) is 3.99. The van der Waals surface area contributed by atoms with Gasteiger partial charge in [0.15, 0.2) is 0 Å². The number of halogens is 4. The van der Waals surface area contributed by atoms with Gasteiger partial charge in [0.05, 0.1) is 11.7 Å². The fraction of sp³-hybridized carbons (Fsp3) is 0.538. The van der Waals surface area contributed by atoms with E-state index in [0.29, 0.717) is 5.75 Å². The molecule has 1 aromatic rings. The van der Waals surface area contributed by atoms with Crippen LogP contribution in [-0.4, -0.2) is 12.1 Å². The second kappa shape index (κ2) is 5.71. The van der Waals surface area contributed by atoms with Crippen molar-refractivity contribution >= 4 is 15.9 Å². The van der Waals surface area contributed by atoms with Crippen LogP contribution >= 0.6 is 15.9 Å². The maximum Gasteiger partial charge on any atom is 0.417 e. The lowest BCUT2D eigenvalue weighted by molar-refractivity contribution is -0.138. The first-order valence-electron chi connectivity index (χ1n) is 6.15. The summed E-state index contributed by atoms with van der Waals surface area (Å²) < 4.78 is 43.5. The van der Waals surface area contributed by atoms with Crippen LogP contribution in [0.1, 0.15) is 31.2 Å². The van der Waals surface area contributed by atoms with E-state index in [4.69, 9.17) is 10.5 Å². The zero-order valence-electron chi connectivity index (χ0n) is 10.2. The highest BCUT2D eigenvalue weighted by atomic mass is 79.9. The summed E-state index contributed by atoms with van der Waals surface area (Å²) in [5.41, 5.74) is 5.10. The number of alkyl halides is 3. The van der Waals surface area contributed by atoms with Crippen molar-refractivity contribution in [3.63, 3.8) is 0 Å². The van der Waals surface area contributed by atoms with Gasteiger partial charge in [-0.05, 0) is 43.9 Å². The highest BCUT2D eigenvalue weighted by Crippen LogP contribution is 2.37. The molecule has 6 heteroatoms. The Morgan fingerprint density at radius 1 is 1.16 bits per heavy atom. The van der Waals surface area contributed by atoms with Gasteiger partial charge in [-0.3, -0.25) is 0 Å². The molecule has 2 rings (SSSR count). The molecular weight excluding hydrogens is 323 g/mol. The molecular formula is C13H15BrF3NO. The van der Waals surface area contributed by atoms with E-state index in [1.54, 1.807) is 0 Å². The number of ether oxygens (including phenoxy) is 1. The standard InChI is InChI=1S/C13H15BrF3NO/c14-12-7-10(5-6-11(12)13(15,16)17)19-9-3-1-8(18)2-4-9/h5-9H,1-4,18H2. The molecule has 0 aliphatic heterocycles. The van der Waals surface area contributed by atoms with E-state index in [9.17, 15) is 13.2 Å². The van der Waals surface area contributed by atoms with E-state index in [0.717, 1.165) is 31.7 Å². The van der Waals surface area contributed by atoms with Crippen LogP contribution in [0.2, 0.25) is 0 Å². The molecule has 0 bridgehead atoms. The molecule has 0 amide bonds. The van der Waals surface area contributed by atoms with Crippen molar-refractivity contribution < 1.29 is 17.9 Å². The van der Waals surface area contributed by atoms with Crippen molar-refractivity contribution in [3.05, 3.63) is 28.2 Å². The first kappa shape index (κ1) is 14.7. The highest BCUT2D eigenvalue weighted by molar-refractivity contribution is 9.10. The average Bonchev–Trinajstić information content (AvgIpc) is 2.30. The van der Waals surface area contributed by atoms with Crippen LogP contribution in [0, 0.1) is 0 Å². The second-order valence-electron chi connectivity index (χ2n) is 4.79. The lowest BCUT2D eigenvalue weighted by atomic mass is 9.94. The third-order valence-corrected chi connectivity index (χ3v) is 3.92. The molecule has 106 valence electrons. The first-order valence-corrected chi connectivity index (χ1v) is 6.94. The van der Waals surface area contributed by atoms with Gasteiger partial charge in [0.1, 0.15) is 5.75 Å². The van der Waals surface area contributed by atoms with Crippen LogP contribution in [0.15, 0.2) is 22.7 Å². The molecule has 0 spiro atoms. The van der Waals surface area contributed by atoms with Crippen LogP contribution in [-0.2, 0) is 6.18 Å². The third kappa shape index (κ3) is 3.86. The Kier molecular flexibility index (Phi) is 4.40. The molecule has 1 aliphatic carbocycles. The van der Waals surface area contributed by atoms with E-state index >= 15 is 0 Å². The predicted octanol–water partition coefficient (Wildman–Crippen LogP) is 4.12. The molecule has 0 saturated heterocycles. The van der Waals surface area contributed by atoms with E-state index in [1.807, 2.05) is 0 Å². The van der Waals surface area contributed by atoms with Crippen molar-refractivity contribution in [2.45, 2.75) is 44.0 Å². The molecule has 2 nitrogen and oxygen atoms in total. The maximum atomic E-state index is 12.6. The summed E-state index contributed by atoms with van der Waals surface area (Å²) in [4.78, 5) is 0. The van der Waals surface area contributed by atoms with Gasteiger partial charge >= 0.3 is 6.18 Å². The van der Waals surface area contributed by atoms with E-state index in [-0.39, 0.29) is 16.6 Å². The summed E-state index contributed by atoms with van der Waals surface area (Å²) in [7, 11) is 0. The molecule has 0 radical (unpaired) electrons. The van der Waals surface area contributed by atoms with Gasteiger partial charge in [-0.15, -0.1) is 0 Å². The molecule has 19 heavy (non-hydrogen) atoms. The SMILES string of the molecule is NC1CCC(Oc2ccc(C(F)(F)F)c(Br)c2)CC1. The maximum absolute atomic E-state index is 12.6. The monoisotopic (exact) mass is 337 g/mol. The van der Waals surface area contributed by atoms with Gasteiger partial charge < -0.3 is 10.5 Å². The normalized spacial score (nSPS) is 24.3. The smallest absolute Gasteiger partial charge is 0.417 e. The van der Waals surface area contributed by atoms with E-state index < -0.39 is 11.7 Å². The zero-order valence-corrected chi connectivity index (χ0v) is 11.8. The minimum absolute atomic E-state index is 0.00464. The molecule has 0 heterocycles. The summed E-state index contributed by atoms with van der Waals surface area (Å²) in [5, 5.41) is 0. The molecule has 1 aliphatic rings. The molecule has 1 fully saturated rings. The zero-order chi connectivity index (χ0) is 14.0. The second-order valence-corrected chi connectivity index (χ2v) is 5.65. The van der Waals surface area contributed by atoms with Gasteiger partial charge in [-0.1, -0.05) is 15.9 Å². The van der Waals surface area contributed by atoms with Crippen molar-refractivity contribution in [2.24, 2.45) is 5.73 Å². The topological polar surface area (TPSA) is 35.2 Å². The van der Waals surface area contributed by atoms with E-state index in [2.05, 4.69) is 15.9 Å². The summed E-state index contributed by atoms with van der Waals surface area (Å²) >= 11 is 2.94. The summed E-state index contributed by atoms with van der Waals surface area (Å²) in [6.07, 6.45) is -0.823. The van der Waals surface area contributed by atoms with Gasteiger partial charge in [-0.2, -0.15) is 13.2 Å². The van der Waals surface area contributed by atoms with Crippen LogP contribution in [0.25, 0.3) is 0 Å². The molecule has 1 aromatic carbocycles. The molecule has 0 unspecified atom stereocenters. The Balaban J connectivity index is 2.04. The third-order valence-electron chi connectivity index (χ3n) is 3.27. The average molecular weight is 338 g/mol. The van der Waals surface area contributed by atoms with E-state index in [1.165, 1.54) is 12.1 Å². The number of nitrogens with two attached hydrogens (primary N) is 1. The summed E-state index contributed by atoms with van der Waals surface area (Å²) in [5.74, 6) is 0.459. The lowest BCUT2D eigenvalue weighted by Crippen LogP contribution is -2.31. The number of hydrogen-bond donors (Lipinski definition) is 1. The Labute approximate surface area is 118 Å². The van der Waals surface area contributed by atoms with Crippen molar-refractivity contribution in [1.29, 1.82) is 0 Å². The first-order chi connectivity index (χ1) is 8.86. The Bertz CT molecular complexity index is 442. The number of benzene rings is 1. The minimum atomic E-state index is -4.35. The highest BCUT2D eigenvalue weighted by Gasteiger charge is 2.33. The van der Waals surface area contributed by atoms with Gasteiger partial charge in [0.2, 0.25) is 0 Å². The van der Waals surface area contributed by atoms with Crippen molar-refractivity contribution in [1.82, 2.24) is 0 Å². The largest absolute Gasteiger partial charge is 0.490 e. The number of rotatable bonds is 2. The van der Waals surface area contributed by atoms with Gasteiger partial charge in [0.25, 0.3) is 0 Å². The van der Waals surface area contributed by atoms with Crippen LogP contribution in [0.5, 0.6) is 5.75 Å². The van der Waals surface area contributed by atoms with Crippen LogP contribution < -0.4 is 10.5 Å². The molecule has 0 aromatic heterocycles. The van der Waals surface area contributed by atoms with Crippen LogP contribution in [0.4, 0.5) is 13.2 Å². The Morgan fingerprint density at radius 2 is 1.79 bits per heavy atom. The van der Waals surface area contributed by atoms with Crippen molar-refractivity contribution in [3.8, 4) is 5.75 Å². The lowest BCUT2D eigenvalue weighted by Gasteiger charge is -2.27. The Hall–Kier alpha value is -0.750. The minimum Gasteiger partial charge on any atom is -0.490 e. The molecule has 1 saturated carbocycles. The van der Waals surface area contributed by atoms with Crippen molar-refractivity contribution in [2.75, 3.05) is 0 Å². The number of hydrogen-bond acceptors (Lipinski definition) is 2. The molecule has 2 N–H and O–H groups in total. The van der Waals surface area contributed by atoms with Gasteiger partial charge in [0, 0.05) is 10.5 Å². The van der Waals surface area contributed by atoms with Gasteiger partial charge in [-0.25, -0.2) is 0 Å². The fourth-order valence-electron chi connectivity index (χ4n) is 2.20. The molecule has 0 atom stereocenters. The Morgan fingerprint density at radius 3 is 2.32 bits per heavy atom. The van der Waals surface area contributed by atoms with Crippen LogP contribution in [0.3, 0.4) is 0 Å². The quantitative estimate of drug-likeness (QED) is 0.881.